The molecule has 0 saturated heterocycles. The van der Waals surface area contributed by atoms with Gasteiger partial charge in [0.25, 0.3) is 0 Å². The quantitative estimate of drug-likeness (QED) is 0.360. The van der Waals surface area contributed by atoms with E-state index >= 15 is 0 Å². The standard InChI is InChI=1S/C29H28O3/c1-4-32-28(31)23-10-7-20(8-11-23)5-6-21-9-16-27-26(19-21)25(17-18-29(27,2)3)22-12-14-24(30)15-13-22/h5-17,19,30H,4,18H2,1-3H3. The van der Waals surface area contributed by atoms with Crippen LogP contribution in [0.25, 0.3) is 17.7 Å². The highest BCUT2D eigenvalue weighted by atomic mass is 16.5. The molecule has 4 rings (SSSR count). The summed E-state index contributed by atoms with van der Waals surface area (Å²) in [7, 11) is 0. The molecule has 0 unspecified atom stereocenters. The van der Waals surface area contributed by atoms with Gasteiger partial charge in [-0.15, -0.1) is 0 Å². The number of fused-ring (bicyclic) bond motifs is 1. The van der Waals surface area contributed by atoms with Crippen molar-refractivity contribution in [3.05, 3.63) is 106 Å². The van der Waals surface area contributed by atoms with Crippen LogP contribution in [0.1, 0.15) is 65.4 Å². The Labute approximate surface area is 189 Å². The maximum atomic E-state index is 11.8. The minimum absolute atomic E-state index is 0.0704. The molecule has 1 N–H and O–H groups in total. The number of phenolic OH excluding ortho intramolecular Hbond substituents is 1. The van der Waals surface area contributed by atoms with E-state index in [0.717, 1.165) is 23.1 Å². The fraction of sp³-hybridized carbons (Fsp3) is 0.207. The smallest absolute Gasteiger partial charge is 0.338 e. The second-order valence-corrected chi connectivity index (χ2v) is 8.73. The van der Waals surface area contributed by atoms with Gasteiger partial charge in [0.05, 0.1) is 12.2 Å². The number of esters is 1. The molecule has 0 aromatic heterocycles. The molecule has 0 atom stereocenters. The molecule has 3 aromatic carbocycles. The SMILES string of the molecule is CCOC(=O)c1ccc(C=Cc2ccc3c(c2)C(c2ccc(O)cc2)=CCC3(C)C)cc1. The number of carbonyl (C=O) groups excluding carboxylic acids is 1. The molecule has 3 heteroatoms. The van der Waals surface area contributed by atoms with Gasteiger partial charge >= 0.3 is 5.97 Å². The van der Waals surface area contributed by atoms with Crippen LogP contribution < -0.4 is 0 Å². The summed E-state index contributed by atoms with van der Waals surface area (Å²) in [5, 5.41) is 9.68. The molecule has 0 aliphatic heterocycles. The zero-order valence-corrected chi connectivity index (χ0v) is 18.8. The normalized spacial score (nSPS) is 14.7. The average Bonchev–Trinajstić information content (AvgIpc) is 2.79. The molecule has 0 amide bonds. The van der Waals surface area contributed by atoms with E-state index in [-0.39, 0.29) is 17.1 Å². The Morgan fingerprint density at radius 2 is 1.62 bits per heavy atom. The van der Waals surface area contributed by atoms with Crippen molar-refractivity contribution in [3.63, 3.8) is 0 Å². The first-order valence-corrected chi connectivity index (χ1v) is 11.0. The van der Waals surface area contributed by atoms with Crippen molar-refractivity contribution >= 4 is 23.7 Å². The number of benzene rings is 3. The zero-order chi connectivity index (χ0) is 22.7. The van der Waals surface area contributed by atoms with Crippen molar-refractivity contribution in [2.75, 3.05) is 6.61 Å². The van der Waals surface area contributed by atoms with Crippen molar-refractivity contribution < 1.29 is 14.6 Å². The lowest BCUT2D eigenvalue weighted by Gasteiger charge is -2.32. The highest BCUT2D eigenvalue weighted by molar-refractivity contribution is 5.90. The monoisotopic (exact) mass is 424 g/mol. The predicted molar refractivity (Wildman–Crippen MR) is 131 cm³/mol. The van der Waals surface area contributed by atoms with Gasteiger partial charge < -0.3 is 9.84 Å². The Bertz CT molecular complexity index is 1180. The Balaban J connectivity index is 1.63. The van der Waals surface area contributed by atoms with Crippen LogP contribution in [0, 0.1) is 0 Å². The maximum absolute atomic E-state index is 11.8. The topological polar surface area (TPSA) is 46.5 Å². The average molecular weight is 425 g/mol. The lowest BCUT2D eigenvalue weighted by atomic mass is 9.72. The van der Waals surface area contributed by atoms with E-state index in [0.29, 0.717) is 12.2 Å². The first-order chi connectivity index (χ1) is 15.4. The van der Waals surface area contributed by atoms with Crippen LogP contribution >= 0.6 is 0 Å². The summed E-state index contributed by atoms with van der Waals surface area (Å²) >= 11 is 0. The van der Waals surface area contributed by atoms with E-state index in [9.17, 15) is 9.90 Å². The first kappa shape index (κ1) is 21.6. The van der Waals surface area contributed by atoms with E-state index in [1.54, 1.807) is 31.2 Å². The Kier molecular flexibility index (Phi) is 6.00. The molecule has 32 heavy (non-hydrogen) atoms. The Hall–Kier alpha value is -3.59. The van der Waals surface area contributed by atoms with Crippen molar-refractivity contribution in [2.24, 2.45) is 0 Å². The van der Waals surface area contributed by atoms with Crippen molar-refractivity contribution in [3.8, 4) is 5.75 Å². The van der Waals surface area contributed by atoms with Crippen molar-refractivity contribution in [1.29, 1.82) is 0 Å². The first-order valence-electron chi connectivity index (χ1n) is 11.0. The molecule has 162 valence electrons. The molecule has 1 aliphatic carbocycles. The van der Waals surface area contributed by atoms with Crippen LogP contribution in [-0.2, 0) is 10.2 Å². The summed E-state index contributed by atoms with van der Waals surface area (Å²) in [4.78, 5) is 11.8. The molecular weight excluding hydrogens is 396 g/mol. The predicted octanol–water partition coefficient (Wildman–Crippen LogP) is 6.85. The van der Waals surface area contributed by atoms with Gasteiger partial charge in [-0.25, -0.2) is 4.79 Å². The fourth-order valence-electron chi connectivity index (χ4n) is 4.11. The van der Waals surface area contributed by atoms with Crippen LogP contribution in [0.5, 0.6) is 5.75 Å². The van der Waals surface area contributed by atoms with Crippen LogP contribution in [-0.4, -0.2) is 17.7 Å². The summed E-state index contributed by atoms with van der Waals surface area (Å²) in [5.74, 6) is -0.0229. The van der Waals surface area contributed by atoms with Gasteiger partial charge in [0.2, 0.25) is 0 Å². The lowest BCUT2D eigenvalue weighted by Crippen LogP contribution is -2.21. The number of carbonyl (C=O) groups is 1. The zero-order valence-electron chi connectivity index (χ0n) is 18.8. The second kappa shape index (κ2) is 8.88. The number of aromatic hydroxyl groups is 1. The second-order valence-electron chi connectivity index (χ2n) is 8.73. The third kappa shape index (κ3) is 4.52. The van der Waals surface area contributed by atoms with Gasteiger partial charge in [-0.1, -0.05) is 68.5 Å². The van der Waals surface area contributed by atoms with Gasteiger partial charge in [0.15, 0.2) is 0 Å². The van der Waals surface area contributed by atoms with Crippen LogP contribution in [0.2, 0.25) is 0 Å². The number of hydrogen-bond donors (Lipinski definition) is 1. The van der Waals surface area contributed by atoms with Gasteiger partial charge in [-0.05, 0) is 82.5 Å². The van der Waals surface area contributed by atoms with Crippen LogP contribution in [0.15, 0.2) is 72.8 Å². The van der Waals surface area contributed by atoms with Crippen LogP contribution in [0.3, 0.4) is 0 Å². The minimum Gasteiger partial charge on any atom is -0.508 e. The molecule has 0 saturated carbocycles. The number of allylic oxidation sites excluding steroid dienone is 1. The van der Waals surface area contributed by atoms with E-state index in [4.69, 9.17) is 4.74 Å². The van der Waals surface area contributed by atoms with E-state index < -0.39 is 0 Å². The molecule has 0 radical (unpaired) electrons. The number of rotatable bonds is 5. The maximum Gasteiger partial charge on any atom is 0.338 e. The van der Waals surface area contributed by atoms with E-state index in [1.165, 1.54) is 16.7 Å². The van der Waals surface area contributed by atoms with Crippen molar-refractivity contribution in [1.82, 2.24) is 0 Å². The van der Waals surface area contributed by atoms with Gasteiger partial charge in [0, 0.05) is 0 Å². The number of hydrogen-bond acceptors (Lipinski definition) is 3. The minimum atomic E-state index is -0.297. The summed E-state index contributed by atoms with van der Waals surface area (Å²) in [5.41, 5.74) is 7.63. The van der Waals surface area contributed by atoms with Crippen LogP contribution in [0.4, 0.5) is 0 Å². The molecular formula is C29H28O3. The highest BCUT2D eigenvalue weighted by Gasteiger charge is 2.28. The van der Waals surface area contributed by atoms with Crippen molar-refractivity contribution in [2.45, 2.75) is 32.6 Å². The molecule has 0 fully saturated rings. The number of phenols is 1. The highest BCUT2D eigenvalue weighted by Crippen LogP contribution is 2.42. The van der Waals surface area contributed by atoms with E-state index in [2.05, 4.69) is 50.3 Å². The van der Waals surface area contributed by atoms with Gasteiger partial charge in [-0.2, -0.15) is 0 Å². The number of ether oxygens (including phenoxy) is 1. The molecule has 1 aliphatic rings. The Morgan fingerprint density at radius 1 is 0.969 bits per heavy atom. The van der Waals surface area contributed by atoms with E-state index in [1.807, 2.05) is 24.3 Å². The molecule has 0 bridgehead atoms. The summed E-state index contributed by atoms with van der Waals surface area (Å²) in [6, 6.07) is 21.5. The summed E-state index contributed by atoms with van der Waals surface area (Å²) in [6.07, 6.45) is 7.42. The third-order valence-corrected chi connectivity index (χ3v) is 5.95. The summed E-state index contributed by atoms with van der Waals surface area (Å²) < 4.78 is 5.04. The summed E-state index contributed by atoms with van der Waals surface area (Å²) in [6.45, 7) is 6.72. The van der Waals surface area contributed by atoms with Gasteiger partial charge in [0.1, 0.15) is 5.75 Å². The third-order valence-electron chi connectivity index (χ3n) is 5.95. The molecule has 0 spiro atoms. The molecule has 0 heterocycles. The Morgan fingerprint density at radius 3 is 2.31 bits per heavy atom. The molecule has 3 aromatic rings. The lowest BCUT2D eigenvalue weighted by molar-refractivity contribution is 0.0526. The largest absolute Gasteiger partial charge is 0.508 e. The van der Waals surface area contributed by atoms with Gasteiger partial charge in [-0.3, -0.25) is 0 Å². The molecule has 3 nitrogen and oxygen atoms in total. The fourth-order valence-corrected chi connectivity index (χ4v) is 4.11.